The molecule has 27 heavy (non-hydrogen) atoms. The lowest BCUT2D eigenvalue weighted by Gasteiger charge is -2.36. The Morgan fingerprint density at radius 2 is 1.96 bits per heavy atom. The Bertz CT molecular complexity index is 634. The van der Waals surface area contributed by atoms with Crippen LogP contribution in [0.1, 0.15) is 46.5 Å². The zero-order valence-electron chi connectivity index (χ0n) is 16.3. The van der Waals surface area contributed by atoms with E-state index in [-0.39, 0.29) is 19.1 Å². The minimum Gasteiger partial charge on any atom is -0.460 e. The van der Waals surface area contributed by atoms with Gasteiger partial charge in [-0.05, 0) is 42.7 Å². The van der Waals surface area contributed by atoms with Gasteiger partial charge in [0.15, 0.2) is 6.61 Å². The predicted molar refractivity (Wildman–Crippen MR) is 109 cm³/mol. The summed E-state index contributed by atoms with van der Waals surface area (Å²) in [4.78, 5) is 24.9. The first-order valence-electron chi connectivity index (χ1n) is 9.59. The summed E-state index contributed by atoms with van der Waals surface area (Å²) < 4.78 is 10.7. The number of benzene rings is 1. The van der Waals surface area contributed by atoms with Crippen LogP contribution in [0.4, 0.5) is 0 Å². The van der Waals surface area contributed by atoms with E-state index in [9.17, 15) is 9.59 Å². The summed E-state index contributed by atoms with van der Waals surface area (Å²) in [7, 11) is 0. The van der Waals surface area contributed by atoms with Crippen molar-refractivity contribution in [1.29, 1.82) is 0 Å². The Hall–Kier alpha value is -1.20. The Balaban J connectivity index is 1.69. The maximum absolute atomic E-state index is 12.1. The molecule has 1 fully saturated rings. The van der Waals surface area contributed by atoms with Crippen molar-refractivity contribution in [2.45, 2.75) is 57.5 Å². The van der Waals surface area contributed by atoms with Crippen molar-refractivity contribution >= 4 is 35.3 Å². The predicted octanol–water partition coefficient (Wildman–Crippen LogP) is 5.37. The van der Waals surface area contributed by atoms with Gasteiger partial charge in [-0.1, -0.05) is 50.9 Å². The highest BCUT2D eigenvalue weighted by molar-refractivity contribution is 7.99. The third-order valence-electron chi connectivity index (χ3n) is 5.00. The first kappa shape index (κ1) is 22.1. The Morgan fingerprint density at radius 1 is 1.22 bits per heavy atom. The lowest BCUT2D eigenvalue weighted by molar-refractivity contribution is -0.167. The number of esters is 2. The van der Waals surface area contributed by atoms with Crippen LogP contribution in [0.5, 0.6) is 0 Å². The van der Waals surface area contributed by atoms with Gasteiger partial charge in [0.05, 0.1) is 11.4 Å². The second kappa shape index (κ2) is 11.0. The van der Waals surface area contributed by atoms with E-state index in [1.54, 1.807) is 0 Å². The van der Waals surface area contributed by atoms with Crippen LogP contribution in [0.2, 0.25) is 5.02 Å². The summed E-state index contributed by atoms with van der Waals surface area (Å²) in [6, 6.07) is 7.49. The normalized spacial score (nSPS) is 22.5. The molecule has 1 aliphatic carbocycles. The zero-order chi connectivity index (χ0) is 19.8. The van der Waals surface area contributed by atoms with Gasteiger partial charge in [-0.2, -0.15) is 0 Å². The molecule has 0 heterocycles. The van der Waals surface area contributed by atoms with Crippen LogP contribution in [-0.4, -0.2) is 30.4 Å². The molecule has 1 aromatic carbocycles. The Morgan fingerprint density at radius 3 is 2.67 bits per heavy atom. The van der Waals surface area contributed by atoms with E-state index < -0.39 is 11.9 Å². The molecule has 0 aliphatic heterocycles. The molecule has 1 saturated carbocycles. The fourth-order valence-corrected chi connectivity index (χ4v) is 4.64. The van der Waals surface area contributed by atoms with Gasteiger partial charge in [0, 0.05) is 10.6 Å². The standard InChI is InChI=1S/C21H29ClO4S/c1-14(2)16-9-8-15(3)12-18(16)26-21(24)13-25-20(23)10-11-27-19-7-5-4-6-17(19)22/h4-7,14-16,18H,8-13H2,1-3H3/t15-,16-,18-/m1/s1. The van der Waals surface area contributed by atoms with Crippen molar-refractivity contribution in [2.24, 2.45) is 17.8 Å². The van der Waals surface area contributed by atoms with Gasteiger partial charge in [0.1, 0.15) is 6.10 Å². The molecule has 0 bridgehead atoms. The smallest absolute Gasteiger partial charge is 0.344 e. The first-order valence-corrected chi connectivity index (χ1v) is 11.0. The SMILES string of the molecule is CC(C)[C@H]1CC[C@@H](C)C[C@H]1OC(=O)COC(=O)CCSc1ccccc1Cl. The van der Waals surface area contributed by atoms with E-state index in [0.29, 0.717) is 28.5 Å². The number of carbonyl (C=O) groups excluding carboxylic acids is 2. The van der Waals surface area contributed by atoms with Crippen molar-refractivity contribution in [2.75, 3.05) is 12.4 Å². The zero-order valence-corrected chi connectivity index (χ0v) is 17.9. The molecule has 1 aliphatic rings. The van der Waals surface area contributed by atoms with Crippen LogP contribution in [0.25, 0.3) is 0 Å². The molecule has 0 unspecified atom stereocenters. The molecule has 6 heteroatoms. The summed E-state index contributed by atoms with van der Waals surface area (Å²) in [5, 5.41) is 0.667. The third kappa shape index (κ3) is 7.38. The molecular formula is C21H29ClO4S. The summed E-state index contributed by atoms with van der Waals surface area (Å²) in [5.41, 5.74) is 0. The van der Waals surface area contributed by atoms with Gasteiger partial charge < -0.3 is 9.47 Å². The van der Waals surface area contributed by atoms with Gasteiger partial charge in [-0.3, -0.25) is 4.79 Å². The number of hydrogen-bond donors (Lipinski definition) is 0. The average Bonchev–Trinajstić information content (AvgIpc) is 2.61. The molecule has 1 aromatic rings. The molecule has 0 N–H and O–H groups in total. The summed E-state index contributed by atoms with van der Waals surface area (Å²) in [5.74, 6) is 1.11. The van der Waals surface area contributed by atoms with Gasteiger partial charge in [-0.15, -0.1) is 11.8 Å². The number of halogens is 1. The number of ether oxygens (including phenoxy) is 2. The largest absolute Gasteiger partial charge is 0.460 e. The van der Waals surface area contributed by atoms with Gasteiger partial charge in [0.2, 0.25) is 0 Å². The second-order valence-corrected chi connectivity index (χ2v) is 9.09. The molecule has 150 valence electrons. The monoisotopic (exact) mass is 412 g/mol. The molecule has 0 aromatic heterocycles. The summed E-state index contributed by atoms with van der Waals surface area (Å²) >= 11 is 7.57. The average molecular weight is 413 g/mol. The highest BCUT2D eigenvalue weighted by atomic mass is 35.5. The van der Waals surface area contributed by atoms with Crippen molar-refractivity contribution in [3.05, 3.63) is 29.3 Å². The van der Waals surface area contributed by atoms with Crippen LogP contribution in [0, 0.1) is 17.8 Å². The van der Waals surface area contributed by atoms with E-state index >= 15 is 0 Å². The van der Waals surface area contributed by atoms with Crippen LogP contribution in [0.3, 0.4) is 0 Å². The lowest BCUT2D eigenvalue weighted by atomic mass is 9.75. The van der Waals surface area contributed by atoms with Crippen LogP contribution in [0.15, 0.2) is 29.2 Å². The quantitative estimate of drug-likeness (QED) is 0.424. The van der Waals surface area contributed by atoms with E-state index in [1.807, 2.05) is 24.3 Å². The summed E-state index contributed by atoms with van der Waals surface area (Å²) in [6.07, 6.45) is 3.29. The maximum Gasteiger partial charge on any atom is 0.344 e. The molecule has 0 saturated heterocycles. The van der Waals surface area contributed by atoms with Crippen molar-refractivity contribution < 1.29 is 19.1 Å². The Labute approximate surface area is 171 Å². The third-order valence-corrected chi connectivity index (χ3v) is 6.51. The van der Waals surface area contributed by atoms with Gasteiger partial charge in [-0.25, -0.2) is 4.79 Å². The molecule has 0 spiro atoms. The fraction of sp³-hybridized carbons (Fsp3) is 0.619. The fourth-order valence-electron chi connectivity index (χ4n) is 3.47. The van der Waals surface area contributed by atoms with E-state index in [2.05, 4.69) is 20.8 Å². The molecule has 2 rings (SSSR count). The molecular weight excluding hydrogens is 384 g/mol. The highest BCUT2D eigenvalue weighted by Crippen LogP contribution is 2.35. The van der Waals surface area contributed by atoms with Crippen molar-refractivity contribution in [1.82, 2.24) is 0 Å². The number of carbonyl (C=O) groups is 2. The van der Waals surface area contributed by atoms with Crippen molar-refractivity contribution in [3.63, 3.8) is 0 Å². The second-order valence-electron chi connectivity index (χ2n) is 7.54. The summed E-state index contributed by atoms with van der Waals surface area (Å²) in [6.45, 7) is 6.20. The maximum atomic E-state index is 12.1. The van der Waals surface area contributed by atoms with E-state index in [1.165, 1.54) is 18.2 Å². The Kier molecular flexibility index (Phi) is 8.97. The minimum atomic E-state index is -0.452. The van der Waals surface area contributed by atoms with Crippen LogP contribution >= 0.6 is 23.4 Å². The first-order chi connectivity index (χ1) is 12.9. The molecule has 0 radical (unpaired) electrons. The topological polar surface area (TPSA) is 52.6 Å². The molecule has 0 amide bonds. The van der Waals surface area contributed by atoms with Gasteiger partial charge >= 0.3 is 11.9 Å². The van der Waals surface area contributed by atoms with Crippen LogP contribution < -0.4 is 0 Å². The number of hydrogen-bond acceptors (Lipinski definition) is 5. The highest BCUT2D eigenvalue weighted by Gasteiger charge is 2.33. The number of thioether (sulfide) groups is 1. The lowest BCUT2D eigenvalue weighted by Crippen LogP contribution is -2.36. The van der Waals surface area contributed by atoms with Crippen molar-refractivity contribution in [3.8, 4) is 0 Å². The number of rotatable bonds is 8. The van der Waals surface area contributed by atoms with Gasteiger partial charge in [0.25, 0.3) is 0 Å². The van der Waals surface area contributed by atoms with E-state index in [4.69, 9.17) is 21.1 Å². The minimum absolute atomic E-state index is 0.0734. The van der Waals surface area contributed by atoms with E-state index in [0.717, 1.165) is 17.7 Å². The molecule has 4 nitrogen and oxygen atoms in total. The van der Waals surface area contributed by atoms with Crippen LogP contribution in [-0.2, 0) is 19.1 Å². The molecule has 3 atom stereocenters.